The maximum atomic E-state index is 9.86. The Balaban J connectivity index is 2.49. The molecule has 0 aliphatic carbocycles. The molecule has 1 heterocycles. The van der Waals surface area contributed by atoms with Gasteiger partial charge in [0.2, 0.25) is 0 Å². The van der Waals surface area contributed by atoms with Crippen LogP contribution in [0.2, 0.25) is 0 Å². The van der Waals surface area contributed by atoms with Crippen molar-refractivity contribution in [3.63, 3.8) is 0 Å². The largest absolute Gasteiger partial charge is 0.493 e. The quantitative estimate of drug-likeness (QED) is 0.774. The van der Waals surface area contributed by atoms with Gasteiger partial charge in [-0.15, -0.1) is 0 Å². The van der Waals surface area contributed by atoms with Gasteiger partial charge < -0.3 is 9.84 Å². The molecule has 2 nitrogen and oxygen atoms in total. The molecule has 0 amide bonds. The zero-order chi connectivity index (χ0) is 10.1. The lowest BCUT2D eigenvalue weighted by Gasteiger charge is -2.12. The second-order valence-electron chi connectivity index (χ2n) is 3.65. The summed E-state index contributed by atoms with van der Waals surface area (Å²) in [6, 6.07) is 3.94. The van der Waals surface area contributed by atoms with Crippen LogP contribution in [0.15, 0.2) is 16.6 Å². The first-order valence-electron chi connectivity index (χ1n) is 4.79. The first kappa shape index (κ1) is 9.99. The summed E-state index contributed by atoms with van der Waals surface area (Å²) in [6.45, 7) is 2.71. The lowest BCUT2D eigenvalue weighted by molar-refractivity contribution is 0.167. The molecule has 0 spiro atoms. The molecule has 0 bridgehead atoms. The summed E-state index contributed by atoms with van der Waals surface area (Å²) < 4.78 is 6.60. The maximum Gasteiger partial charge on any atom is 0.126 e. The van der Waals surface area contributed by atoms with Crippen molar-refractivity contribution in [3.05, 3.63) is 27.7 Å². The Kier molecular flexibility index (Phi) is 2.79. The normalized spacial score (nSPS) is 20.9. The fourth-order valence-electron chi connectivity index (χ4n) is 1.69. The monoisotopic (exact) mass is 256 g/mol. The van der Waals surface area contributed by atoms with Crippen molar-refractivity contribution in [1.82, 2.24) is 0 Å². The highest BCUT2D eigenvalue weighted by atomic mass is 79.9. The van der Waals surface area contributed by atoms with Gasteiger partial charge in [0.25, 0.3) is 0 Å². The molecule has 1 aliphatic rings. The highest BCUT2D eigenvalue weighted by Crippen LogP contribution is 2.35. The molecular formula is C11H13BrO2. The van der Waals surface area contributed by atoms with Crippen molar-refractivity contribution in [2.24, 2.45) is 0 Å². The summed E-state index contributed by atoms with van der Waals surface area (Å²) in [6.07, 6.45) is 1.32. The summed E-state index contributed by atoms with van der Waals surface area (Å²) in [4.78, 5) is 0. The van der Waals surface area contributed by atoms with Gasteiger partial charge in [-0.1, -0.05) is 15.9 Å². The Morgan fingerprint density at radius 1 is 1.50 bits per heavy atom. The molecule has 76 valence electrons. The number of aliphatic hydroxyl groups is 1. The summed E-state index contributed by atoms with van der Waals surface area (Å²) in [5.74, 6) is 0.812. The third kappa shape index (κ3) is 1.79. The number of fused-ring (bicyclic) bond motifs is 1. The molecule has 1 atom stereocenters. The number of aliphatic hydroxyl groups excluding tert-OH is 1. The molecule has 0 saturated heterocycles. The second-order valence-corrected chi connectivity index (χ2v) is 4.50. The lowest BCUT2D eigenvalue weighted by atomic mass is 10.0. The van der Waals surface area contributed by atoms with E-state index in [2.05, 4.69) is 15.9 Å². The van der Waals surface area contributed by atoms with Crippen molar-refractivity contribution in [2.45, 2.75) is 25.9 Å². The van der Waals surface area contributed by atoms with Crippen LogP contribution in [0.3, 0.4) is 0 Å². The minimum Gasteiger partial charge on any atom is -0.493 e. The minimum atomic E-state index is -0.376. The second kappa shape index (κ2) is 3.91. The Morgan fingerprint density at radius 2 is 2.29 bits per heavy atom. The summed E-state index contributed by atoms with van der Waals surface area (Å²) >= 11 is 3.46. The van der Waals surface area contributed by atoms with Crippen molar-refractivity contribution >= 4 is 15.9 Å². The van der Waals surface area contributed by atoms with Crippen LogP contribution in [0, 0.1) is 6.92 Å². The van der Waals surface area contributed by atoms with E-state index >= 15 is 0 Å². The van der Waals surface area contributed by atoms with Crippen LogP contribution in [-0.4, -0.2) is 11.7 Å². The molecule has 2 rings (SSSR count). The van der Waals surface area contributed by atoms with Crippen LogP contribution in [0.1, 0.15) is 30.1 Å². The average molecular weight is 257 g/mol. The van der Waals surface area contributed by atoms with Crippen LogP contribution in [0.4, 0.5) is 0 Å². The van der Waals surface area contributed by atoms with Gasteiger partial charge in [0.05, 0.1) is 12.7 Å². The molecule has 3 heteroatoms. The van der Waals surface area contributed by atoms with Crippen LogP contribution in [0.5, 0.6) is 5.75 Å². The number of hydrogen-bond donors (Lipinski definition) is 1. The predicted molar refractivity (Wildman–Crippen MR) is 58.6 cm³/mol. The van der Waals surface area contributed by atoms with E-state index in [-0.39, 0.29) is 6.10 Å². The molecule has 0 radical (unpaired) electrons. The van der Waals surface area contributed by atoms with Gasteiger partial charge in [0.1, 0.15) is 5.75 Å². The Hall–Kier alpha value is -0.540. The predicted octanol–water partition coefficient (Wildman–Crippen LogP) is 2.96. The molecular weight excluding hydrogens is 244 g/mol. The zero-order valence-electron chi connectivity index (χ0n) is 8.09. The van der Waals surface area contributed by atoms with E-state index in [9.17, 15) is 5.11 Å². The number of aryl methyl sites for hydroxylation is 1. The fraction of sp³-hybridized carbons (Fsp3) is 0.455. The summed E-state index contributed by atoms with van der Waals surface area (Å²) in [5.41, 5.74) is 2.05. The van der Waals surface area contributed by atoms with Gasteiger partial charge in [-0.2, -0.15) is 0 Å². The maximum absolute atomic E-state index is 9.86. The molecule has 0 aromatic heterocycles. The lowest BCUT2D eigenvalue weighted by Crippen LogP contribution is -1.97. The number of hydrogen-bond acceptors (Lipinski definition) is 2. The Labute approximate surface area is 92.0 Å². The number of rotatable bonds is 0. The van der Waals surface area contributed by atoms with E-state index in [1.54, 1.807) is 0 Å². The van der Waals surface area contributed by atoms with Crippen molar-refractivity contribution in [1.29, 1.82) is 0 Å². The van der Waals surface area contributed by atoms with Gasteiger partial charge in [-0.3, -0.25) is 0 Å². The standard InChI is InChI=1S/C11H13BrO2/c1-7-5-8-10(13)3-2-4-14-11(8)6-9(7)12/h5-6,10,13H,2-4H2,1H3/t10-/m0/s1. The highest BCUT2D eigenvalue weighted by molar-refractivity contribution is 9.10. The zero-order valence-corrected chi connectivity index (χ0v) is 9.67. The smallest absolute Gasteiger partial charge is 0.126 e. The first-order valence-corrected chi connectivity index (χ1v) is 5.58. The third-order valence-electron chi connectivity index (χ3n) is 2.53. The van der Waals surface area contributed by atoms with Crippen LogP contribution < -0.4 is 4.74 Å². The first-order chi connectivity index (χ1) is 6.68. The van der Waals surface area contributed by atoms with E-state index < -0.39 is 0 Å². The minimum absolute atomic E-state index is 0.376. The van der Waals surface area contributed by atoms with E-state index in [0.717, 1.165) is 34.2 Å². The third-order valence-corrected chi connectivity index (χ3v) is 3.38. The summed E-state index contributed by atoms with van der Waals surface area (Å²) in [5, 5.41) is 9.86. The van der Waals surface area contributed by atoms with E-state index in [1.807, 2.05) is 19.1 Å². The fourth-order valence-corrected chi connectivity index (χ4v) is 2.01. The molecule has 1 aliphatic heterocycles. The molecule has 1 aromatic rings. The van der Waals surface area contributed by atoms with Crippen LogP contribution in [0.25, 0.3) is 0 Å². The highest BCUT2D eigenvalue weighted by Gasteiger charge is 2.18. The van der Waals surface area contributed by atoms with Gasteiger partial charge in [-0.25, -0.2) is 0 Å². The Bertz CT molecular complexity index is 349. The SMILES string of the molecule is Cc1cc2c(cc1Br)OCCC[C@@H]2O. The molecule has 0 saturated carbocycles. The Morgan fingerprint density at radius 3 is 3.07 bits per heavy atom. The molecule has 0 fully saturated rings. The number of halogens is 1. The van der Waals surface area contributed by atoms with E-state index in [1.165, 1.54) is 0 Å². The molecule has 1 N–H and O–H groups in total. The molecule has 0 unspecified atom stereocenters. The number of ether oxygens (including phenoxy) is 1. The van der Waals surface area contributed by atoms with Gasteiger partial charge >= 0.3 is 0 Å². The van der Waals surface area contributed by atoms with Crippen molar-refractivity contribution in [2.75, 3.05) is 6.61 Å². The van der Waals surface area contributed by atoms with Crippen molar-refractivity contribution < 1.29 is 9.84 Å². The van der Waals surface area contributed by atoms with Crippen LogP contribution >= 0.6 is 15.9 Å². The summed E-state index contributed by atoms with van der Waals surface area (Å²) in [7, 11) is 0. The molecule has 1 aromatic carbocycles. The molecule has 14 heavy (non-hydrogen) atoms. The van der Waals surface area contributed by atoms with Gasteiger partial charge in [0.15, 0.2) is 0 Å². The number of benzene rings is 1. The van der Waals surface area contributed by atoms with E-state index in [4.69, 9.17) is 4.74 Å². The topological polar surface area (TPSA) is 29.5 Å². The van der Waals surface area contributed by atoms with Crippen LogP contribution in [-0.2, 0) is 0 Å². The van der Waals surface area contributed by atoms with Gasteiger partial charge in [0, 0.05) is 10.0 Å². The van der Waals surface area contributed by atoms with Crippen molar-refractivity contribution in [3.8, 4) is 5.75 Å². The average Bonchev–Trinajstić information content (AvgIpc) is 2.31. The van der Waals surface area contributed by atoms with Gasteiger partial charge in [-0.05, 0) is 37.5 Å². The van der Waals surface area contributed by atoms with E-state index in [0.29, 0.717) is 6.61 Å².